The lowest BCUT2D eigenvalue weighted by atomic mass is 10.1. The van der Waals surface area contributed by atoms with Gasteiger partial charge in [-0.1, -0.05) is 12.1 Å². The monoisotopic (exact) mass is 355 g/mol. The van der Waals surface area contributed by atoms with Crippen LogP contribution < -0.4 is 15.5 Å². The highest BCUT2D eigenvalue weighted by Gasteiger charge is 2.35. The van der Waals surface area contributed by atoms with Crippen molar-refractivity contribution in [2.24, 2.45) is 5.92 Å². The van der Waals surface area contributed by atoms with Crippen LogP contribution in [0.2, 0.25) is 0 Å². The van der Waals surface area contributed by atoms with Gasteiger partial charge in [-0.05, 0) is 36.4 Å². The smallest absolute Gasteiger partial charge is 0.229 e. The minimum absolute atomic E-state index is 0.0749. The Morgan fingerprint density at radius 3 is 2.46 bits per heavy atom. The molecule has 26 heavy (non-hydrogen) atoms. The van der Waals surface area contributed by atoms with Crippen LogP contribution >= 0.6 is 0 Å². The third-order valence-corrected chi connectivity index (χ3v) is 4.07. The van der Waals surface area contributed by atoms with E-state index in [0.717, 1.165) is 0 Å². The lowest BCUT2D eigenvalue weighted by molar-refractivity contribution is -0.122. The second kappa shape index (κ2) is 7.35. The van der Waals surface area contributed by atoms with Crippen molar-refractivity contribution in [2.75, 3.05) is 22.1 Å². The fourth-order valence-corrected chi connectivity index (χ4v) is 2.90. The van der Waals surface area contributed by atoms with Gasteiger partial charge in [-0.25, -0.2) is 4.39 Å². The van der Waals surface area contributed by atoms with Gasteiger partial charge in [-0.3, -0.25) is 14.4 Å². The Kier molecular flexibility index (Phi) is 4.97. The molecule has 3 amide bonds. The van der Waals surface area contributed by atoms with E-state index in [9.17, 15) is 18.8 Å². The number of halogens is 1. The van der Waals surface area contributed by atoms with Gasteiger partial charge >= 0.3 is 0 Å². The molecule has 2 aromatic carbocycles. The average molecular weight is 355 g/mol. The highest BCUT2D eigenvalue weighted by atomic mass is 19.1. The second-order valence-corrected chi connectivity index (χ2v) is 6.14. The van der Waals surface area contributed by atoms with Crippen molar-refractivity contribution in [1.82, 2.24) is 0 Å². The van der Waals surface area contributed by atoms with E-state index in [4.69, 9.17) is 0 Å². The fourth-order valence-electron chi connectivity index (χ4n) is 2.90. The molecule has 1 aliphatic heterocycles. The summed E-state index contributed by atoms with van der Waals surface area (Å²) in [6.07, 6.45) is 0.0749. The summed E-state index contributed by atoms with van der Waals surface area (Å²) in [5.74, 6) is -1.69. The maximum Gasteiger partial charge on any atom is 0.229 e. The van der Waals surface area contributed by atoms with Crippen LogP contribution in [0.3, 0.4) is 0 Å². The highest BCUT2D eigenvalue weighted by Crippen LogP contribution is 2.28. The molecule has 0 spiro atoms. The van der Waals surface area contributed by atoms with E-state index in [1.807, 2.05) is 0 Å². The lowest BCUT2D eigenvalue weighted by Gasteiger charge is -2.18. The molecule has 0 aliphatic carbocycles. The van der Waals surface area contributed by atoms with Crippen LogP contribution in [0.15, 0.2) is 48.5 Å². The van der Waals surface area contributed by atoms with Gasteiger partial charge in [0.2, 0.25) is 17.7 Å². The number of amides is 3. The van der Waals surface area contributed by atoms with Gasteiger partial charge in [0, 0.05) is 37.0 Å². The first kappa shape index (κ1) is 17.6. The van der Waals surface area contributed by atoms with E-state index >= 15 is 0 Å². The summed E-state index contributed by atoms with van der Waals surface area (Å²) in [5, 5.41) is 5.30. The minimum atomic E-state index is -0.532. The molecule has 1 atom stereocenters. The van der Waals surface area contributed by atoms with Gasteiger partial charge in [-0.2, -0.15) is 0 Å². The molecule has 7 heteroatoms. The normalized spacial score (nSPS) is 16.5. The number of carbonyl (C=O) groups is 3. The molecule has 2 N–H and O–H groups in total. The Hall–Kier alpha value is -3.22. The van der Waals surface area contributed by atoms with E-state index in [2.05, 4.69) is 10.6 Å². The van der Waals surface area contributed by atoms with Crippen LogP contribution in [-0.2, 0) is 14.4 Å². The molecule has 6 nitrogen and oxygen atoms in total. The predicted octanol–water partition coefficient (Wildman–Crippen LogP) is 2.78. The number of rotatable bonds is 4. The molecule has 0 aromatic heterocycles. The summed E-state index contributed by atoms with van der Waals surface area (Å²) in [6, 6.07) is 12.5. The first-order valence-corrected chi connectivity index (χ1v) is 8.17. The van der Waals surface area contributed by atoms with Crippen molar-refractivity contribution >= 4 is 34.8 Å². The van der Waals surface area contributed by atoms with Crippen LogP contribution in [0.4, 0.5) is 21.5 Å². The largest absolute Gasteiger partial charge is 0.326 e. The zero-order chi connectivity index (χ0) is 18.7. The van der Waals surface area contributed by atoms with Crippen molar-refractivity contribution in [3.8, 4) is 0 Å². The summed E-state index contributed by atoms with van der Waals surface area (Å²) in [6.45, 7) is 1.63. The summed E-state index contributed by atoms with van der Waals surface area (Å²) in [7, 11) is 0. The van der Waals surface area contributed by atoms with Gasteiger partial charge in [-0.15, -0.1) is 0 Å². The van der Waals surface area contributed by atoms with Crippen LogP contribution in [0.1, 0.15) is 13.3 Å². The molecular formula is C19H18FN3O3. The maximum absolute atomic E-state index is 13.2. The van der Waals surface area contributed by atoms with Crippen LogP contribution in [-0.4, -0.2) is 24.3 Å². The zero-order valence-electron chi connectivity index (χ0n) is 14.2. The van der Waals surface area contributed by atoms with Gasteiger partial charge in [0.1, 0.15) is 5.82 Å². The van der Waals surface area contributed by atoms with E-state index in [1.54, 1.807) is 30.3 Å². The quantitative estimate of drug-likeness (QED) is 0.885. The molecule has 3 rings (SSSR count). The molecule has 0 radical (unpaired) electrons. The van der Waals surface area contributed by atoms with Gasteiger partial charge in [0.05, 0.1) is 5.92 Å². The number of nitrogens with one attached hydrogen (secondary N) is 2. The molecule has 1 heterocycles. The Morgan fingerprint density at radius 1 is 1.08 bits per heavy atom. The topological polar surface area (TPSA) is 78.5 Å². The summed E-state index contributed by atoms with van der Waals surface area (Å²) >= 11 is 0. The minimum Gasteiger partial charge on any atom is -0.326 e. The number of benzene rings is 2. The predicted molar refractivity (Wildman–Crippen MR) is 96.2 cm³/mol. The Morgan fingerprint density at radius 2 is 1.77 bits per heavy atom. The van der Waals surface area contributed by atoms with Crippen molar-refractivity contribution < 1.29 is 18.8 Å². The fraction of sp³-hybridized carbons (Fsp3) is 0.211. The van der Waals surface area contributed by atoms with Crippen molar-refractivity contribution in [2.45, 2.75) is 13.3 Å². The molecule has 2 aromatic rings. The Labute approximate surface area is 150 Å². The number of hydrogen-bond acceptors (Lipinski definition) is 3. The third-order valence-electron chi connectivity index (χ3n) is 4.07. The van der Waals surface area contributed by atoms with E-state index in [-0.39, 0.29) is 30.7 Å². The summed E-state index contributed by atoms with van der Waals surface area (Å²) in [5.41, 5.74) is 1.55. The van der Waals surface area contributed by atoms with Gasteiger partial charge in [0.15, 0.2) is 0 Å². The molecule has 0 unspecified atom stereocenters. The van der Waals surface area contributed by atoms with Crippen LogP contribution in [0.25, 0.3) is 0 Å². The summed E-state index contributed by atoms with van der Waals surface area (Å²) < 4.78 is 13.2. The van der Waals surface area contributed by atoms with Crippen molar-refractivity contribution in [1.29, 1.82) is 0 Å². The van der Waals surface area contributed by atoms with Crippen molar-refractivity contribution in [3.05, 3.63) is 54.3 Å². The Bertz CT molecular complexity index is 869. The van der Waals surface area contributed by atoms with Crippen LogP contribution in [0, 0.1) is 11.7 Å². The van der Waals surface area contributed by atoms with E-state index in [0.29, 0.717) is 17.1 Å². The number of nitrogens with zero attached hydrogens (tertiary/aromatic N) is 1. The van der Waals surface area contributed by atoms with Gasteiger partial charge in [0.25, 0.3) is 0 Å². The number of anilines is 3. The molecule has 1 saturated heterocycles. The lowest BCUT2D eigenvalue weighted by Crippen LogP contribution is -2.28. The van der Waals surface area contributed by atoms with E-state index in [1.165, 1.54) is 30.0 Å². The average Bonchev–Trinajstić information content (AvgIpc) is 2.96. The van der Waals surface area contributed by atoms with E-state index < -0.39 is 11.7 Å². The standard InChI is InChI=1S/C19H18FN3O3/c1-12(24)21-16-6-3-7-17(10-16)23-11-13(8-18(23)25)19(26)22-15-5-2-4-14(20)9-15/h2-7,9-10,13H,8,11H2,1H3,(H,21,24)(H,22,26)/t13-/m1/s1. The van der Waals surface area contributed by atoms with Gasteiger partial charge < -0.3 is 15.5 Å². The maximum atomic E-state index is 13.2. The molecular weight excluding hydrogens is 337 g/mol. The molecule has 1 aliphatic rings. The number of carbonyl (C=O) groups excluding carboxylic acids is 3. The summed E-state index contributed by atoms with van der Waals surface area (Å²) in [4.78, 5) is 37.4. The molecule has 1 fully saturated rings. The van der Waals surface area contributed by atoms with Crippen molar-refractivity contribution in [3.63, 3.8) is 0 Å². The molecule has 0 bridgehead atoms. The first-order valence-electron chi connectivity index (χ1n) is 8.17. The Balaban J connectivity index is 1.70. The highest BCUT2D eigenvalue weighted by molar-refractivity contribution is 6.04. The van der Waals surface area contributed by atoms with Crippen LogP contribution in [0.5, 0.6) is 0 Å². The zero-order valence-corrected chi connectivity index (χ0v) is 14.2. The second-order valence-electron chi connectivity index (χ2n) is 6.14. The molecule has 134 valence electrons. The first-order chi connectivity index (χ1) is 12.4. The molecule has 0 saturated carbocycles. The number of hydrogen-bond donors (Lipinski definition) is 2. The third kappa shape index (κ3) is 4.05. The SMILES string of the molecule is CC(=O)Nc1cccc(N2C[C@H](C(=O)Nc3cccc(F)c3)CC2=O)c1.